The molecule has 0 atom stereocenters. The van der Waals surface area contributed by atoms with Crippen molar-refractivity contribution in [3.8, 4) is 0 Å². The van der Waals surface area contributed by atoms with Crippen LogP contribution < -0.4 is 0 Å². The van der Waals surface area contributed by atoms with E-state index in [2.05, 4.69) is 14.5 Å². The maximum Gasteiger partial charge on any atom is 0.380 e. The van der Waals surface area contributed by atoms with E-state index < -0.39 is 10.9 Å². The van der Waals surface area contributed by atoms with Crippen LogP contribution in [0.25, 0.3) is 0 Å². The molecular weight excluding hydrogens is 230 g/mol. The Morgan fingerprint density at radius 1 is 1.35 bits per heavy atom. The Bertz CT molecular complexity index is 406. The molecule has 0 spiro atoms. The van der Waals surface area contributed by atoms with Crippen LogP contribution in [0.4, 0.5) is 5.69 Å². The van der Waals surface area contributed by atoms with Crippen LogP contribution in [0.1, 0.15) is 10.4 Å². The monoisotopic (exact) mass is 241 g/mol. The summed E-state index contributed by atoms with van der Waals surface area (Å²) in [6.45, 7) is 0.313. The molecule has 92 valence electrons. The highest BCUT2D eigenvalue weighted by molar-refractivity contribution is 5.93. The predicted molar refractivity (Wildman–Crippen MR) is 56.3 cm³/mol. The number of carbonyl (C=O) groups excluding carboxylic acids is 1. The van der Waals surface area contributed by atoms with Gasteiger partial charge in [-0.2, -0.15) is 4.89 Å². The molecule has 0 aliphatic carbocycles. The molecule has 1 aromatic carbocycles. The van der Waals surface area contributed by atoms with E-state index >= 15 is 0 Å². The van der Waals surface area contributed by atoms with E-state index in [1.54, 1.807) is 0 Å². The van der Waals surface area contributed by atoms with Crippen molar-refractivity contribution >= 4 is 11.7 Å². The van der Waals surface area contributed by atoms with Crippen molar-refractivity contribution in [2.45, 2.75) is 0 Å². The lowest BCUT2D eigenvalue weighted by Gasteiger charge is -2.03. The molecule has 0 saturated heterocycles. The molecule has 0 amide bonds. The average molecular weight is 241 g/mol. The molecule has 1 aromatic rings. The fraction of sp³-hybridized carbons (Fsp3) is 0.300. The lowest BCUT2D eigenvalue weighted by atomic mass is 10.2. The van der Waals surface area contributed by atoms with Crippen LogP contribution in [-0.4, -0.2) is 31.2 Å². The minimum absolute atomic E-state index is 0.0584. The van der Waals surface area contributed by atoms with Gasteiger partial charge < -0.3 is 4.74 Å². The molecule has 0 saturated carbocycles. The van der Waals surface area contributed by atoms with Crippen LogP contribution in [0.5, 0.6) is 0 Å². The van der Waals surface area contributed by atoms with E-state index in [0.717, 1.165) is 0 Å². The van der Waals surface area contributed by atoms with Crippen molar-refractivity contribution in [3.05, 3.63) is 39.9 Å². The third kappa shape index (κ3) is 3.82. The van der Waals surface area contributed by atoms with E-state index in [4.69, 9.17) is 0 Å². The van der Waals surface area contributed by atoms with E-state index in [1.165, 1.54) is 31.4 Å². The highest BCUT2D eigenvalue weighted by Crippen LogP contribution is 2.18. The van der Waals surface area contributed by atoms with E-state index in [-0.39, 0.29) is 24.5 Å². The van der Waals surface area contributed by atoms with Crippen LogP contribution >= 0.6 is 0 Å². The predicted octanol–water partition coefficient (Wildman–Crippen LogP) is 1.33. The smallest absolute Gasteiger partial charge is 0.380 e. The number of benzene rings is 1. The van der Waals surface area contributed by atoms with Gasteiger partial charge in [0.25, 0.3) is 5.69 Å². The van der Waals surface area contributed by atoms with Gasteiger partial charge >= 0.3 is 5.97 Å². The maximum absolute atomic E-state index is 11.4. The normalized spacial score (nSPS) is 9.94. The van der Waals surface area contributed by atoms with Gasteiger partial charge in [-0.1, -0.05) is 12.1 Å². The third-order valence-corrected chi connectivity index (χ3v) is 1.83. The number of para-hydroxylation sites is 1. The van der Waals surface area contributed by atoms with Gasteiger partial charge in [-0.15, -0.1) is 0 Å². The summed E-state index contributed by atoms with van der Waals surface area (Å²) >= 11 is 0. The van der Waals surface area contributed by atoms with Gasteiger partial charge in [0.2, 0.25) is 0 Å². The zero-order valence-corrected chi connectivity index (χ0v) is 9.12. The van der Waals surface area contributed by atoms with Crippen molar-refractivity contribution in [2.75, 3.05) is 20.3 Å². The summed E-state index contributed by atoms with van der Waals surface area (Å²) in [5.74, 6) is -0.909. The number of hydrogen-bond donors (Lipinski definition) is 0. The van der Waals surface area contributed by atoms with Gasteiger partial charge in [0.1, 0.15) is 12.2 Å². The fourth-order valence-electron chi connectivity index (χ4n) is 1.06. The van der Waals surface area contributed by atoms with E-state index in [1.807, 2.05) is 0 Å². The molecule has 0 unspecified atom stereocenters. The second-order valence-corrected chi connectivity index (χ2v) is 2.96. The number of nitrogens with zero attached hydrogens (tertiary/aromatic N) is 1. The highest BCUT2D eigenvalue weighted by atomic mass is 17.2. The molecule has 0 aliphatic rings. The molecule has 1 rings (SSSR count). The van der Waals surface area contributed by atoms with Crippen molar-refractivity contribution in [2.24, 2.45) is 0 Å². The molecular formula is C10H11NO6. The van der Waals surface area contributed by atoms with Gasteiger partial charge in [-0.25, -0.2) is 4.79 Å². The second-order valence-electron chi connectivity index (χ2n) is 2.96. The summed E-state index contributed by atoms with van der Waals surface area (Å²) in [5, 5.41) is 10.6. The topological polar surface area (TPSA) is 87.9 Å². The zero-order chi connectivity index (χ0) is 12.7. The molecule has 17 heavy (non-hydrogen) atoms. The number of carbonyl (C=O) groups is 1. The largest absolute Gasteiger partial charge is 0.382 e. The van der Waals surface area contributed by atoms with Gasteiger partial charge in [0, 0.05) is 13.2 Å². The van der Waals surface area contributed by atoms with Crippen LogP contribution in [0, 0.1) is 10.1 Å². The zero-order valence-electron chi connectivity index (χ0n) is 9.12. The van der Waals surface area contributed by atoms with Gasteiger partial charge in [-0.3, -0.25) is 15.0 Å². The highest BCUT2D eigenvalue weighted by Gasteiger charge is 2.21. The number of ether oxygens (including phenoxy) is 1. The fourth-order valence-corrected chi connectivity index (χ4v) is 1.06. The summed E-state index contributed by atoms with van der Waals surface area (Å²) in [6.07, 6.45) is 0. The minimum Gasteiger partial charge on any atom is -0.382 e. The summed E-state index contributed by atoms with van der Waals surface area (Å²) in [5.41, 5.74) is -0.484. The summed E-state index contributed by atoms with van der Waals surface area (Å²) < 4.78 is 4.67. The van der Waals surface area contributed by atoms with Crippen molar-refractivity contribution < 1.29 is 24.2 Å². The lowest BCUT2D eigenvalue weighted by molar-refractivity contribution is -0.385. The first-order chi connectivity index (χ1) is 8.16. The molecule has 7 nitrogen and oxygen atoms in total. The van der Waals surface area contributed by atoms with Crippen molar-refractivity contribution in [1.82, 2.24) is 0 Å². The molecule has 0 fully saturated rings. The Balaban J connectivity index is 2.65. The first-order valence-corrected chi connectivity index (χ1v) is 4.73. The number of hydrogen-bond acceptors (Lipinski definition) is 6. The summed E-state index contributed by atoms with van der Waals surface area (Å²) in [6, 6.07) is 5.46. The Hall–Kier alpha value is -1.99. The molecule has 0 bridgehead atoms. The Kier molecular flexibility index (Phi) is 5.05. The van der Waals surface area contributed by atoms with Gasteiger partial charge in [0.15, 0.2) is 0 Å². The van der Waals surface area contributed by atoms with Crippen LogP contribution in [0.2, 0.25) is 0 Å². The summed E-state index contributed by atoms with van der Waals surface area (Å²) in [7, 11) is 1.47. The Labute approximate surface area is 97.0 Å². The molecule has 0 aromatic heterocycles. The number of methoxy groups -OCH3 is 1. The standard InChI is InChI=1S/C10H11NO6/c1-15-6-7-16-17-10(12)8-4-2-3-5-9(8)11(13)14/h2-5H,6-7H2,1H3. The quantitative estimate of drug-likeness (QED) is 0.323. The van der Waals surface area contributed by atoms with E-state index in [0.29, 0.717) is 0 Å². The van der Waals surface area contributed by atoms with Crippen molar-refractivity contribution in [3.63, 3.8) is 0 Å². The summed E-state index contributed by atoms with van der Waals surface area (Å²) in [4.78, 5) is 30.3. The first kappa shape index (κ1) is 13.1. The Morgan fingerprint density at radius 3 is 2.71 bits per heavy atom. The number of rotatable bonds is 6. The molecule has 0 radical (unpaired) electrons. The van der Waals surface area contributed by atoms with Gasteiger partial charge in [0.05, 0.1) is 11.5 Å². The van der Waals surface area contributed by atoms with Crippen LogP contribution in [-0.2, 0) is 14.5 Å². The lowest BCUT2D eigenvalue weighted by Crippen LogP contribution is -2.11. The molecule has 0 N–H and O–H groups in total. The number of nitro groups is 1. The molecule has 0 aliphatic heterocycles. The number of nitro benzene ring substituents is 1. The van der Waals surface area contributed by atoms with Gasteiger partial charge in [-0.05, 0) is 6.07 Å². The average Bonchev–Trinajstić information content (AvgIpc) is 2.34. The van der Waals surface area contributed by atoms with E-state index in [9.17, 15) is 14.9 Å². The second kappa shape index (κ2) is 6.56. The molecule has 0 heterocycles. The minimum atomic E-state index is -0.909. The third-order valence-electron chi connectivity index (χ3n) is 1.83. The Morgan fingerprint density at radius 2 is 2.06 bits per heavy atom. The van der Waals surface area contributed by atoms with Crippen LogP contribution in [0.15, 0.2) is 24.3 Å². The molecule has 7 heteroatoms. The SMILES string of the molecule is COCCOOC(=O)c1ccccc1[N+](=O)[O-]. The maximum atomic E-state index is 11.4. The van der Waals surface area contributed by atoms with Crippen molar-refractivity contribution in [1.29, 1.82) is 0 Å². The first-order valence-electron chi connectivity index (χ1n) is 4.73. The van der Waals surface area contributed by atoms with Crippen LogP contribution in [0.3, 0.4) is 0 Å².